The van der Waals surface area contributed by atoms with Crippen LogP contribution in [0.1, 0.15) is 239 Å². The number of aliphatic hydroxyl groups is 1. The highest BCUT2D eigenvalue weighted by Crippen LogP contribution is 2.19. The van der Waals surface area contributed by atoms with Crippen molar-refractivity contribution in [2.75, 3.05) is 46.9 Å². The van der Waals surface area contributed by atoms with Gasteiger partial charge in [0, 0.05) is 39.0 Å². The molecule has 344 valence electrons. The lowest BCUT2D eigenvalue weighted by molar-refractivity contribution is -0.150. The standard InChI is InChI=1S/C49H97N3O6/c1-6-9-12-15-18-19-20-26-34-43-57-47(54)37-31-27-33-42-52(49(56)50-40-39-45(53)44-51(4)5)41-32-25-21-24-30-38-48(55)58-46(35-28-22-16-13-10-7-2)36-29-23-17-14-11-8-3/h45-46,53H,6-44H2,1-5H3,(H,50,56). The fourth-order valence-electron chi connectivity index (χ4n) is 7.62. The van der Waals surface area contributed by atoms with Gasteiger partial charge in [-0.15, -0.1) is 0 Å². The highest BCUT2D eigenvalue weighted by atomic mass is 16.5. The smallest absolute Gasteiger partial charge is 0.317 e. The van der Waals surface area contributed by atoms with E-state index in [4.69, 9.17) is 9.47 Å². The third-order valence-corrected chi connectivity index (χ3v) is 11.3. The van der Waals surface area contributed by atoms with Gasteiger partial charge in [0.05, 0.1) is 12.7 Å². The number of ether oxygens (including phenoxy) is 2. The molecule has 58 heavy (non-hydrogen) atoms. The quantitative estimate of drug-likeness (QED) is 0.0465. The molecular weight excluding hydrogens is 727 g/mol. The number of carbonyl (C=O) groups is 3. The van der Waals surface area contributed by atoms with Gasteiger partial charge in [0.1, 0.15) is 6.10 Å². The van der Waals surface area contributed by atoms with E-state index in [-0.39, 0.29) is 24.1 Å². The summed E-state index contributed by atoms with van der Waals surface area (Å²) in [5, 5.41) is 13.3. The first kappa shape index (κ1) is 56.1. The van der Waals surface area contributed by atoms with Crippen molar-refractivity contribution >= 4 is 18.0 Å². The first-order valence-corrected chi connectivity index (χ1v) is 24.9. The Morgan fingerprint density at radius 2 is 0.931 bits per heavy atom. The molecule has 9 nitrogen and oxygen atoms in total. The van der Waals surface area contributed by atoms with Gasteiger partial charge in [-0.25, -0.2) is 4.79 Å². The second-order valence-corrected chi connectivity index (χ2v) is 17.5. The van der Waals surface area contributed by atoms with Crippen molar-refractivity contribution in [1.82, 2.24) is 15.1 Å². The molecule has 9 heteroatoms. The van der Waals surface area contributed by atoms with E-state index in [0.29, 0.717) is 52.0 Å². The zero-order valence-electron chi connectivity index (χ0n) is 39.1. The Hall–Kier alpha value is -1.87. The summed E-state index contributed by atoms with van der Waals surface area (Å²) in [6.07, 6.45) is 36.6. The highest BCUT2D eigenvalue weighted by Gasteiger charge is 2.16. The van der Waals surface area contributed by atoms with Crippen LogP contribution in [0.2, 0.25) is 0 Å². The number of amides is 2. The molecule has 0 heterocycles. The molecule has 0 saturated carbocycles. The maximum atomic E-state index is 13.2. The van der Waals surface area contributed by atoms with Gasteiger partial charge in [0.2, 0.25) is 0 Å². The molecule has 2 N–H and O–H groups in total. The average molecular weight is 824 g/mol. The van der Waals surface area contributed by atoms with E-state index in [9.17, 15) is 19.5 Å². The summed E-state index contributed by atoms with van der Waals surface area (Å²) in [5.74, 6) is -0.146. The molecule has 0 aromatic carbocycles. The minimum absolute atomic E-state index is 0.0347. The number of esters is 2. The number of carbonyl (C=O) groups excluding carboxylic acids is 3. The van der Waals surface area contributed by atoms with Crippen molar-refractivity contribution in [3.63, 3.8) is 0 Å². The molecule has 0 aromatic rings. The van der Waals surface area contributed by atoms with Crippen molar-refractivity contribution < 1.29 is 29.0 Å². The fourth-order valence-corrected chi connectivity index (χ4v) is 7.62. The van der Waals surface area contributed by atoms with Crippen molar-refractivity contribution in [3.05, 3.63) is 0 Å². The van der Waals surface area contributed by atoms with Crippen LogP contribution in [0.5, 0.6) is 0 Å². The van der Waals surface area contributed by atoms with Crippen LogP contribution in [0.4, 0.5) is 4.79 Å². The summed E-state index contributed by atoms with van der Waals surface area (Å²) in [4.78, 5) is 42.1. The van der Waals surface area contributed by atoms with Gasteiger partial charge in [-0.3, -0.25) is 9.59 Å². The normalized spacial score (nSPS) is 12.0. The largest absolute Gasteiger partial charge is 0.466 e. The molecule has 0 aliphatic rings. The van der Waals surface area contributed by atoms with Gasteiger partial charge in [-0.2, -0.15) is 0 Å². The lowest BCUT2D eigenvalue weighted by Gasteiger charge is -2.24. The molecule has 0 radical (unpaired) electrons. The lowest BCUT2D eigenvalue weighted by atomic mass is 10.0. The first-order chi connectivity index (χ1) is 28.2. The Balaban J connectivity index is 4.53. The maximum absolute atomic E-state index is 13.2. The second-order valence-electron chi connectivity index (χ2n) is 17.5. The molecule has 1 unspecified atom stereocenters. The Morgan fingerprint density at radius 1 is 0.517 bits per heavy atom. The minimum Gasteiger partial charge on any atom is -0.466 e. The molecule has 0 spiro atoms. The van der Waals surface area contributed by atoms with E-state index >= 15 is 0 Å². The van der Waals surface area contributed by atoms with Crippen molar-refractivity contribution in [2.24, 2.45) is 0 Å². The average Bonchev–Trinajstić information content (AvgIpc) is 3.19. The maximum Gasteiger partial charge on any atom is 0.317 e. The van der Waals surface area contributed by atoms with Crippen LogP contribution >= 0.6 is 0 Å². The van der Waals surface area contributed by atoms with E-state index in [1.54, 1.807) is 0 Å². The molecule has 0 aromatic heterocycles. The van der Waals surface area contributed by atoms with E-state index in [1.807, 2.05) is 23.9 Å². The van der Waals surface area contributed by atoms with Gasteiger partial charge in [-0.05, 0) is 78.3 Å². The van der Waals surface area contributed by atoms with Gasteiger partial charge < -0.3 is 29.7 Å². The molecule has 0 rings (SSSR count). The molecule has 1 atom stereocenters. The summed E-state index contributed by atoms with van der Waals surface area (Å²) in [5.41, 5.74) is 0. The summed E-state index contributed by atoms with van der Waals surface area (Å²) in [6.45, 7) is 9.59. The van der Waals surface area contributed by atoms with E-state index in [2.05, 4.69) is 26.1 Å². The Labute approximate surface area is 359 Å². The monoisotopic (exact) mass is 824 g/mol. The lowest BCUT2D eigenvalue weighted by Crippen LogP contribution is -2.42. The number of nitrogens with one attached hydrogen (secondary N) is 1. The molecule has 0 saturated heterocycles. The van der Waals surface area contributed by atoms with Crippen LogP contribution < -0.4 is 5.32 Å². The summed E-state index contributed by atoms with van der Waals surface area (Å²) < 4.78 is 11.5. The van der Waals surface area contributed by atoms with Crippen LogP contribution in [0.3, 0.4) is 0 Å². The fraction of sp³-hybridized carbons (Fsp3) is 0.939. The predicted molar refractivity (Wildman–Crippen MR) is 244 cm³/mol. The number of nitrogens with zero attached hydrogens (tertiary/aromatic N) is 2. The van der Waals surface area contributed by atoms with E-state index in [0.717, 1.165) is 89.9 Å². The first-order valence-electron chi connectivity index (χ1n) is 24.9. The third kappa shape index (κ3) is 39.6. The topological polar surface area (TPSA) is 108 Å². The minimum atomic E-state index is -0.479. The number of hydrogen-bond acceptors (Lipinski definition) is 7. The summed E-state index contributed by atoms with van der Waals surface area (Å²) in [7, 11) is 3.86. The van der Waals surface area contributed by atoms with Crippen molar-refractivity contribution in [2.45, 2.75) is 251 Å². The predicted octanol–water partition coefficient (Wildman–Crippen LogP) is 12.7. The van der Waals surface area contributed by atoms with Crippen LogP contribution in [-0.4, -0.2) is 92.0 Å². The summed E-state index contributed by atoms with van der Waals surface area (Å²) >= 11 is 0. The number of urea groups is 1. The molecule has 0 aliphatic heterocycles. The van der Waals surface area contributed by atoms with E-state index < -0.39 is 6.10 Å². The Bertz CT molecular complexity index is 903. The molecule has 0 bridgehead atoms. The van der Waals surface area contributed by atoms with Gasteiger partial charge in [0.15, 0.2) is 0 Å². The van der Waals surface area contributed by atoms with Gasteiger partial charge in [-0.1, -0.05) is 162 Å². The van der Waals surface area contributed by atoms with Crippen LogP contribution in [-0.2, 0) is 19.1 Å². The summed E-state index contributed by atoms with van der Waals surface area (Å²) in [6, 6.07) is -0.0864. The number of likely N-dealkylation sites (N-methyl/N-ethyl adjacent to an activating group) is 1. The van der Waals surface area contributed by atoms with Crippen LogP contribution in [0.15, 0.2) is 0 Å². The molecular formula is C49H97N3O6. The highest BCUT2D eigenvalue weighted by molar-refractivity contribution is 5.74. The number of aliphatic hydroxyl groups excluding tert-OH is 1. The molecule has 2 amide bonds. The number of rotatable bonds is 44. The third-order valence-electron chi connectivity index (χ3n) is 11.3. The van der Waals surface area contributed by atoms with Gasteiger partial charge >= 0.3 is 18.0 Å². The van der Waals surface area contributed by atoms with Crippen molar-refractivity contribution in [3.8, 4) is 0 Å². The van der Waals surface area contributed by atoms with Crippen LogP contribution in [0, 0.1) is 0 Å². The van der Waals surface area contributed by atoms with Crippen LogP contribution in [0.25, 0.3) is 0 Å². The molecule has 0 fully saturated rings. The zero-order valence-corrected chi connectivity index (χ0v) is 39.1. The van der Waals surface area contributed by atoms with E-state index in [1.165, 1.54) is 109 Å². The SMILES string of the molecule is CCCCCCCCCCCOC(=O)CCCCCN(CCCCCCCC(=O)OC(CCCCCCCC)CCCCCCCC)C(=O)NCCC(O)CN(C)C. The molecule has 0 aliphatic carbocycles. The Morgan fingerprint density at radius 3 is 1.43 bits per heavy atom. The van der Waals surface area contributed by atoms with Crippen molar-refractivity contribution in [1.29, 1.82) is 0 Å². The number of hydrogen-bond donors (Lipinski definition) is 2. The van der Waals surface area contributed by atoms with Gasteiger partial charge in [0.25, 0.3) is 0 Å². The zero-order chi connectivity index (χ0) is 42.7. The second kappa shape index (κ2) is 43.2. The Kier molecular flexibility index (Phi) is 41.8. The number of unbranched alkanes of at least 4 members (excludes halogenated alkanes) is 24.